The minimum atomic E-state index is -4.62. The van der Waals surface area contributed by atoms with E-state index in [4.69, 9.17) is 14.8 Å². The van der Waals surface area contributed by atoms with Gasteiger partial charge in [0.2, 0.25) is 5.95 Å². The first kappa shape index (κ1) is 20.5. The number of phosphoric ester groups is 1. The Morgan fingerprint density at radius 3 is 2.90 bits per heavy atom. The molecule has 0 bridgehead atoms. The fourth-order valence-corrected chi connectivity index (χ4v) is 4.40. The molecule has 5 N–H and O–H groups in total. The maximum absolute atomic E-state index is 13.7. The number of hydrogen-bond acceptors (Lipinski definition) is 8. The van der Waals surface area contributed by atoms with Crippen molar-refractivity contribution in [3.05, 3.63) is 46.8 Å². The van der Waals surface area contributed by atoms with Crippen molar-refractivity contribution < 1.29 is 28.0 Å². The van der Waals surface area contributed by atoms with Gasteiger partial charge in [-0.25, -0.2) is 13.9 Å². The number of rotatable bonds is 7. The van der Waals surface area contributed by atoms with Crippen LogP contribution in [0.2, 0.25) is 0 Å². The summed E-state index contributed by atoms with van der Waals surface area (Å²) in [7, 11) is -4.62. The highest BCUT2D eigenvalue weighted by molar-refractivity contribution is 7.47. The van der Waals surface area contributed by atoms with Gasteiger partial charge in [0, 0.05) is 18.6 Å². The van der Waals surface area contributed by atoms with E-state index < -0.39 is 30.9 Å². The monoisotopic (exact) mass is 439 g/mol. The predicted octanol–water partition coefficient (Wildman–Crippen LogP) is 1.21. The minimum Gasteiger partial charge on any atom is -0.401 e. The summed E-state index contributed by atoms with van der Waals surface area (Å²) >= 11 is 0. The van der Waals surface area contributed by atoms with Crippen LogP contribution in [0.5, 0.6) is 5.75 Å². The van der Waals surface area contributed by atoms with Crippen LogP contribution in [-0.4, -0.2) is 42.7 Å². The minimum absolute atomic E-state index is 0.0711. The summed E-state index contributed by atoms with van der Waals surface area (Å²) < 4.78 is 37.4. The van der Waals surface area contributed by atoms with E-state index in [9.17, 15) is 23.7 Å². The SMILES string of the molecule is Nc1nc2c(ncn2C2CC(CO)C2COP(=O)(O)Oc2ccccc2F)c(=O)[nH]1. The van der Waals surface area contributed by atoms with E-state index in [-0.39, 0.29) is 42.3 Å². The number of imidazole rings is 1. The Morgan fingerprint density at radius 1 is 1.40 bits per heavy atom. The number of aromatic nitrogens is 4. The van der Waals surface area contributed by atoms with E-state index in [1.807, 2.05) is 0 Å². The van der Waals surface area contributed by atoms with Crippen molar-refractivity contribution in [2.24, 2.45) is 11.8 Å². The van der Waals surface area contributed by atoms with Crippen molar-refractivity contribution in [3.63, 3.8) is 0 Å². The van der Waals surface area contributed by atoms with Gasteiger partial charge in [0.25, 0.3) is 5.56 Å². The van der Waals surface area contributed by atoms with Crippen LogP contribution < -0.4 is 15.8 Å². The van der Waals surface area contributed by atoms with Gasteiger partial charge in [0.15, 0.2) is 22.7 Å². The number of H-pyrrole nitrogens is 1. The maximum Gasteiger partial charge on any atom is 0.527 e. The van der Waals surface area contributed by atoms with Gasteiger partial charge in [0.1, 0.15) is 0 Å². The van der Waals surface area contributed by atoms with Crippen molar-refractivity contribution in [2.75, 3.05) is 18.9 Å². The first-order chi connectivity index (χ1) is 14.3. The highest BCUT2D eigenvalue weighted by atomic mass is 31.2. The van der Waals surface area contributed by atoms with Crippen LogP contribution in [0.3, 0.4) is 0 Å². The van der Waals surface area contributed by atoms with E-state index in [1.165, 1.54) is 24.5 Å². The Hall–Kier alpha value is -2.79. The van der Waals surface area contributed by atoms with Gasteiger partial charge in [0.05, 0.1) is 12.9 Å². The lowest BCUT2D eigenvalue weighted by Crippen LogP contribution is -2.43. The second kappa shape index (κ2) is 7.80. The van der Waals surface area contributed by atoms with Crippen LogP contribution in [0, 0.1) is 17.7 Å². The van der Waals surface area contributed by atoms with Gasteiger partial charge < -0.3 is 19.9 Å². The number of hydrogen-bond donors (Lipinski definition) is 4. The first-order valence-corrected chi connectivity index (χ1v) is 10.5. The average molecular weight is 439 g/mol. The van der Waals surface area contributed by atoms with Crippen molar-refractivity contribution in [1.29, 1.82) is 0 Å². The fourth-order valence-electron chi connectivity index (χ4n) is 3.59. The molecule has 2 aromatic heterocycles. The van der Waals surface area contributed by atoms with Crippen LogP contribution in [0.15, 0.2) is 35.4 Å². The number of aliphatic hydroxyl groups excluding tert-OH is 1. The van der Waals surface area contributed by atoms with Crippen molar-refractivity contribution in [1.82, 2.24) is 19.5 Å². The summed E-state index contributed by atoms with van der Waals surface area (Å²) in [6, 6.07) is 4.85. The molecule has 0 spiro atoms. The third-order valence-corrected chi connectivity index (χ3v) is 6.07. The largest absolute Gasteiger partial charge is 0.527 e. The summed E-state index contributed by atoms with van der Waals surface area (Å²) in [5.41, 5.74) is 5.49. The molecule has 11 nitrogen and oxygen atoms in total. The molecule has 4 unspecified atom stereocenters. The molecule has 3 aromatic rings. The molecule has 1 fully saturated rings. The molecule has 160 valence electrons. The molecule has 4 atom stereocenters. The smallest absolute Gasteiger partial charge is 0.401 e. The zero-order valence-electron chi connectivity index (χ0n) is 15.5. The number of phosphoric acid groups is 1. The Morgan fingerprint density at radius 2 is 2.17 bits per heavy atom. The molecule has 1 aliphatic carbocycles. The molecule has 0 radical (unpaired) electrons. The molecule has 0 amide bonds. The standard InChI is InChI=1S/C17H19FN5O6P/c18-11-3-1-2-4-13(11)29-30(26,27)28-7-10-9(6-24)5-12(10)23-8-20-14-15(23)21-17(19)22-16(14)25/h1-4,8-10,12,24H,5-7H2,(H,26,27)(H3,19,21,22,25). The van der Waals surface area contributed by atoms with E-state index in [0.29, 0.717) is 6.42 Å². The highest BCUT2D eigenvalue weighted by Gasteiger charge is 2.44. The molecular formula is C17H19FN5O6P. The van der Waals surface area contributed by atoms with E-state index in [2.05, 4.69) is 15.0 Å². The van der Waals surface area contributed by atoms with E-state index in [1.54, 1.807) is 4.57 Å². The second-order valence-corrected chi connectivity index (χ2v) is 8.35. The number of aromatic amines is 1. The van der Waals surface area contributed by atoms with Crippen LogP contribution >= 0.6 is 7.82 Å². The molecule has 2 heterocycles. The highest BCUT2D eigenvalue weighted by Crippen LogP contribution is 2.50. The van der Waals surface area contributed by atoms with Crippen LogP contribution in [-0.2, 0) is 9.09 Å². The van der Waals surface area contributed by atoms with E-state index in [0.717, 1.165) is 6.07 Å². The number of halogens is 1. The van der Waals surface area contributed by atoms with Crippen molar-refractivity contribution in [3.8, 4) is 5.75 Å². The summed E-state index contributed by atoms with van der Waals surface area (Å²) in [5.74, 6) is -1.91. The zero-order chi connectivity index (χ0) is 21.5. The summed E-state index contributed by atoms with van der Waals surface area (Å²) in [6.45, 7) is -0.423. The van der Waals surface area contributed by atoms with Gasteiger partial charge in [-0.2, -0.15) is 4.98 Å². The number of para-hydroxylation sites is 1. The molecule has 13 heteroatoms. The molecular weight excluding hydrogens is 420 g/mol. The number of benzene rings is 1. The lowest BCUT2D eigenvalue weighted by molar-refractivity contribution is -0.00484. The molecule has 1 saturated carbocycles. The van der Waals surface area contributed by atoms with Gasteiger partial charge in [-0.15, -0.1) is 0 Å². The van der Waals surface area contributed by atoms with Crippen molar-refractivity contribution in [2.45, 2.75) is 12.5 Å². The molecule has 0 aliphatic heterocycles. The third-order valence-electron chi connectivity index (χ3n) is 5.17. The Labute approximate surface area is 168 Å². The van der Waals surface area contributed by atoms with Gasteiger partial charge >= 0.3 is 7.82 Å². The van der Waals surface area contributed by atoms with Gasteiger partial charge in [-0.05, 0) is 24.5 Å². The Bertz CT molecular complexity index is 1180. The van der Waals surface area contributed by atoms with Crippen LogP contribution in [0.25, 0.3) is 11.2 Å². The third kappa shape index (κ3) is 3.82. The van der Waals surface area contributed by atoms with Gasteiger partial charge in [-0.1, -0.05) is 12.1 Å². The van der Waals surface area contributed by atoms with Crippen molar-refractivity contribution >= 4 is 24.9 Å². The topological polar surface area (TPSA) is 166 Å². The Balaban J connectivity index is 1.52. The fraction of sp³-hybridized carbons (Fsp3) is 0.353. The number of aliphatic hydroxyl groups is 1. The van der Waals surface area contributed by atoms with Gasteiger partial charge in [-0.3, -0.25) is 19.2 Å². The summed E-state index contributed by atoms with van der Waals surface area (Å²) in [6.07, 6.45) is 1.93. The normalized spacial score (nSPS) is 23.1. The Kier molecular flexibility index (Phi) is 5.33. The number of nitrogens with zero attached hydrogens (tertiary/aromatic N) is 3. The molecule has 30 heavy (non-hydrogen) atoms. The van der Waals surface area contributed by atoms with Crippen LogP contribution in [0.1, 0.15) is 12.5 Å². The molecule has 4 rings (SSSR count). The molecule has 0 saturated heterocycles. The first-order valence-electron chi connectivity index (χ1n) is 9.03. The van der Waals surface area contributed by atoms with E-state index >= 15 is 0 Å². The lowest BCUT2D eigenvalue weighted by atomic mass is 9.70. The predicted molar refractivity (Wildman–Crippen MR) is 103 cm³/mol. The average Bonchev–Trinajstić information content (AvgIpc) is 3.07. The number of anilines is 1. The van der Waals surface area contributed by atoms with Crippen LogP contribution in [0.4, 0.5) is 10.3 Å². The summed E-state index contributed by atoms with van der Waals surface area (Å²) in [5, 5.41) is 9.59. The number of nitrogen functional groups attached to an aromatic ring is 1. The maximum atomic E-state index is 13.7. The number of nitrogens with two attached hydrogens (primary N) is 1. The quantitative estimate of drug-likeness (QED) is 0.396. The molecule has 1 aliphatic rings. The number of nitrogens with one attached hydrogen (secondary N) is 1. The second-order valence-electron chi connectivity index (χ2n) is 6.97. The zero-order valence-corrected chi connectivity index (χ0v) is 16.4. The summed E-state index contributed by atoms with van der Waals surface area (Å²) in [4.78, 5) is 32.5. The molecule has 1 aromatic carbocycles. The lowest BCUT2D eigenvalue weighted by Gasteiger charge is -2.44. The number of fused-ring (bicyclic) bond motifs is 1.